The lowest BCUT2D eigenvalue weighted by Crippen LogP contribution is -2.13. The van der Waals surface area contributed by atoms with Crippen LogP contribution in [0.15, 0.2) is 60.9 Å². The Morgan fingerprint density at radius 2 is 2.00 bits per heavy atom. The maximum absolute atomic E-state index is 12.5. The molecule has 0 aliphatic heterocycles. The lowest BCUT2D eigenvalue weighted by Gasteiger charge is -2.07. The summed E-state index contributed by atoms with van der Waals surface area (Å²) in [6.45, 7) is -0.157. The molecule has 0 spiro atoms. The van der Waals surface area contributed by atoms with Crippen LogP contribution in [0.4, 0.5) is 5.69 Å². The summed E-state index contributed by atoms with van der Waals surface area (Å²) < 4.78 is 0. The minimum Gasteiger partial charge on any atom is -0.392 e. The lowest BCUT2D eigenvalue weighted by molar-refractivity contribution is 0.102. The zero-order valence-electron chi connectivity index (χ0n) is 12.8. The Labute approximate surface area is 138 Å². The van der Waals surface area contributed by atoms with Gasteiger partial charge in [-0.2, -0.15) is 0 Å². The first-order valence-corrected chi connectivity index (χ1v) is 7.62. The van der Waals surface area contributed by atoms with Gasteiger partial charge in [0.05, 0.1) is 18.5 Å². The molecule has 0 radical (unpaired) electrons. The molecule has 0 saturated heterocycles. The van der Waals surface area contributed by atoms with Gasteiger partial charge in [0.2, 0.25) is 0 Å². The SMILES string of the molecule is O=C(Nc1cnccc1CO)c1cc2c(ccc3ccccc32)[nH]1. The van der Waals surface area contributed by atoms with Crippen LogP contribution < -0.4 is 5.32 Å². The minimum atomic E-state index is -0.266. The summed E-state index contributed by atoms with van der Waals surface area (Å²) in [5.74, 6) is -0.266. The van der Waals surface area contributed by atoms with Gasteiger partial charge in [0, 0.05) is 22.7 Å². The summed E-state index contributed by atoms with van der Waals surface area (Å²) >= 11 is 0. The molecule has 2 aromatic heterocycles. The first-order chi connectivity index (χ1) is 11.8. The number of rotatable bonds is 3. The van der Waals surface area contributed by atoms with Crippen LogP contribution >= 0.6 is 0 Å². The molecule has 1 amide bonds. The number of amides is 1. The highest BCUT2D eigenvalue weighted by Crippen LogP contribution is 2.26. The number of aromatic nitrogens is 2. The molecule has 0 fully saturated rings. The monoisotopic (exact) mass is 317 g/mol. The molecular weight excluding hydrogens is 302 g/mol. The number of pyridine rings is 1. The van der Waals surface area contributed by atoms with Crippen molar-refractivity contribution in [1.82, 2.24) is 9.97 Å². The average molecular weight is 317 g/mol. The van der Waals surface area contributed by atoms with Crippen molar-refractivity contribution in [1.29, 1.82) is 0 Å². The van der Waals surface area contributed by atoms with Gasteiger partial charge in [-0.1, -0.05) is 30.3 Å². The summed E-state index contributed by atoms with van der Waals surface area (Å²) in [4.78, 5) is 19.7. The van der Waals surface area contributed by atoms with Gasteiger partial charge in [-0.05, 0) is 29.0 Å². The topological polar surface area (TPSA) is 78.0 Å². The van der Waals surface area contributed by atoms with Crippen molar-refractivity contribution in [2.45, 2.75) is 6.61 Å². The van der Waals surface area contributed by atoms with E-state index in [-0.39, 0.29) is 12.5 Å². The van der Waals surface area contributed by atoms with E-state index in [2.05, 4.69) is 15.3 Å². The normalized spacial score (nSPS) is 11.0. The van der Waals surface area contributed by atoms with Crippen molar-refractivity contribution in [2.24, 2.45) is 0 Å². The van der Waals surface area contributed by atoms with Gasteiger partial charge in [-0.25, -0.2) is 0 Å². The van der Waals surface area contributed by atoms with Crippen LogP contribution in [0.3, 0.4) is 0 Å². The maximum atomic E-state index is 12.5. The number of anilines is 1. The van der Waals surface area contributed by atoms with E-state index in [0.29, 0.717) is 16.9 Å². The number of aliphatic hydroxyl groups excluding tert-OH is 1. The highest BCUT2D eigenvalue weighted by molar-refractivity contribution is 6.12. The molecule has 0 aliphatic carbocycles. The van der Waals surface area contributed by atoms with Crippen LogP contribution in [0.25, 0.3) is 21.7 Å². The van der Waals surface area contributed by atoms with Gasteiger partial charge in [0.1, 0.15) is 5.69 Å². The van der Waals surface area contributed by atoms with Crippen LogP contribution in [0.2, 0.25) is 0 Å². The molecule has 2 aromatic carbocycles. The second-order valence-electron chi connectivity index (χ2n) is 5.58. The third kappa shape index (κ3) is 2.41. The minimum absolute atomic E-state index is 0.157. The van der Waals surface area contributed by atoms with Crippen LogP contribution in [0, 0.1) is 0 Å². The van der Waals surface area contributed by atoms with Crippen LogP contribution in [0.1, 0.15) is 16.1 Å². The van der Waals surface area contributed by atoms with Crippen LogP contribution in [0.5, 0.6) is 0 Å². The van der Waals surface area contributed by atoms with E-state index < -0.39 is 0 Å². The second kappa shape index (κ2) is 5.79. The smallest absolute Gasteiger partial charge is 0.272 e. The van der Waals surface area contributed by atoms with Crippen molar-refractivity contribution >= 4 is 33.3 Å². The number of hydrogen-bond acceptors (Lipinski definition) is 3. The van der Waals surface area contributed by atoms with E-state index >= 15 is 0 Å². The first kappa shape index (κ1) is 14.4. The molecular formula is C19H15N3O2. The fraction of sp³-hybridized carbons (Fsp3) is 0.0526. The maximum Gasteiger partial charge on any atom is 0.272 e. The molecule has 4 rings (SSSR count). The van der Waals surface area contributed by atoms with Crippen LogP contribution in [-0.2, 0) is 6.61 Å². The molecule has 4 aromatic rings. The summed E-state index contributed by atoms with van der Waals surface area (Å²) in [7, 11) is 0. The number of carbonyl (C=O) groups is 1. The molecule has 0 aliphatic rings. The largest absolute Gasteiger partial charge is 0.392 e. The van der Waals surface area contributed by atoms with E-state index in [1.165, 1.54) is 6.20 Å². The number of nitrogens with one attached hydrogen (secondary N) is 2. The Morgan fingerprint density at radius 1 is 1.12 bits per heavy atom. The Bertz CT molecular complexity index is 1050. The summed E-state index contributed by atoms with van der Waals surface area (Å²) in [6.07, 6.45) is 3.11. The van der Waals surface area contributed by atoms with E-state index in [4.69, 9.17) is 0 Å². The van der Waals surface area contributed by atoms with Crippen molar-refractivity contribution < 1.29 is 9.90 Å². The van der Waals surface area contributed by atoms with Crippen molar-refractivity contribution in [3.05, 3.63) is 72.2 Å². The Morgan fingerprint density at radius 3 is 2.88 bits per heavy atom. The summed E-state index contributed by atoms with van der Waals surface area (Å²) in [6, 6.07) is 15.6. The highest BCUT2D eigenvalue weighted by Gasteiger charge is 2.13. The molecule has 3 N–H and O–H groups in total. The van der Waals surface area contributed by atoms with Crippen molar-refractivity contribution in [3.63, 3.8) is 0 Å². The molecule has 2 heterocycles. The highest BCUT2D eigenvalue weighted by atomic mass is 16.3. The third-order valence-electron chi connectivity index (χ3n) is 4.10. The molecule has 24 heavy (non-hydrogen) atoms. The number of aliphatic hydroxyl groups is 1. The van der Waals surface area contributed by atoms with Gasteiger partial charge in [0.15, 0.2) is 0 Å². The molecule has 118 valence electrons. The molecule has 0 atom stereocenters. The standard InChI is InChI=1S/C19H15N3O2/c23-11-13-7-8-20-10-18(13)22-19(24)17-9-15-14-4-2-1-3-12(14)5-6-16(15)21-17/h1-10,21,23H,11H2,(H,22,24). The van der Waals surface area contributed by atoms with Crippen LogP contribution in [-0.4, -0.2) is 21.0 Å². The van der Waals surface area contributed by atoms with E-state index in [1.807, 2.05) is 42.5 Å². The molecule has 0 unspecified atom stereocenters. The number of H-pyrrole nitrogens is 1. The number of benzene rings is 2. The number of carbonyl (C=O) groups excluding carboxylic acids is 1. The molecule has 5 nitrogen and oxygen atoms in total. The van der Waals surface area contributed by atoms with E-state index in [1.54, 1.807) is 12.3 Å². The predicted octanol–water partition coefficient (Wildman–Crippen LogP) is 3.46. The summed E-state index contributed by atoms with van der Waals surface area (Å²) in [5, 5.41) is 15.4. The number of hydrogen-bond donors (Lipinski definition) is 3. The Hall–Kier alpha value is -3.18. The molecule has 5 heteroatoms. The Balaban J connectivity index is 1.73. The van der Waals surface area contributed by atoms with Gasteiger partial charge in [-0.3, -0.25) is 9.78 Å². The van der Waals surface area contributed by atoms with Gasteiger partial charge in [-0.15, -0.1) is 0 Å². The first-order valence-electron chi connectivity index (χ1n) is 7.62. The zero-order valence-corrected chi connectivity index (χ0v) is 12.8. The van der Waals surface area contributed by atoms with Gasteiger partial charge >= 0.3 is 0 Å². The number of nitrogens with zero attached hydrogens (tertiary/aromatic N) is 1. The van der Waals surface area contributed by atoms with Crippen molar-refractivity contribution in [2.75, 3.05) is 5.32 Å². The van der Waals surface area contributed by atoms with E-state index in [0.717, 1.165) is 21.7 Å². The number of fused-ring (bicyclic) bond motifs is 3. The number of aromatic amines is 1. The predicted molar refractivity (Wildman–Crippen MR) is 93.9 cm³/mol. The Kier molecular flexibility index (Phi) is 3.48. The quantitative estimate of drug-likeness (QED) is 0.541. The third-order valence-corrected chi connectivity index (χ3v) is 4.10. The molecule has 0 bridgehead atoms. The van der Waals surface area contributed by atoms with Crippen molar-refractivity contribution in [3.8, 4) is 0 Å². The second-order valence-corrected chi connectivity index (χ2v) is 5.58. The average Bonchev–Trinajstić information content (AvgIpc) is 3.07. The fourth-order valence-corrected chi connectivity index (χ4v) is 2.87. The molecule has 0 saturated carbocycles. The lowest BCUT2D eigenvalue weighted by atomic mass is 10.1. The van der Waals surface area contributed by atoms with E-state index in [9.17, 15) is 9.90 Å². The summed E-state index contributed by atoms with van der Waals surface area (Å²) in [5.41, 5.74) is 2.51. The van der Waals surface area contributed by atoms with Gasteiger partial charge in [0.25, 0.3) is 5.91 Å². The van der Waals surface area contributed by atoms with Gasteiger partial charge < -0.3 is 15.4 Å². The fourth-order valence-electron chi connectivity index (χ4n) is 2.87. The zero-order chi connectivity index (χ0) is 16.5.